The van der Waals surface area contributed by atoms with Gasteiger partial charge in [0.05, 0.1) is 11.9 Å². The zero-order valence-corrected chi connectivity index (χ0v) is 12.3. The first-order valence-electron chi connectivity index (χ1n) is 7.23. The average Bonchev–Trinajstić information content (AvgIpc) is 3.00. The molecule has 0 aliphatic carbocycles. The van der Waals surface area contributed by atoms with Gasteiger partial charge in [0.15, 0.2) is 0 Å². The van der Waals surface area contributed by atoms with Gasteiger partial charge in [-0.1, -0.05) is 54.5 Å². The molecule has 0 amide bonds. The van der Waals surface area contributed by atoms with E-state index in [0.717, 1.165) is 28.9 Å². The predicted molar refractivity (Wildman–Crippen MR) is 87.8 cm³/mol. The van der Waals surface area contributed by atoms with Gasteiger partial charge in [0.1, 0.15) is 5.69 Å². The van der Waals surface area contributed by atoms with E-state index >= 15 is 0 Å². The van der Waals surface area contributed by atoms with Gasteiger partial charge in [-0.2, -0.15) is 5.10 Å². The van der Waals surface area contributed by atoms with Crippen molar-refractivity contribution in [1.82, 2.24) is 9.78 Å². The lowest BCUT2D eigenvalue weighted by atomic mass is 10.1. The second kappa shape index (κ2) is 6.26. The third kappa shape index (κ3) is 2.76. The fourth-order valence-electron chi connectivity index (χ4n) is 2.38. The van der Waals surface area contributed by atoms with E-state index in [1.165, 1.54) is 11.8 Å². The third-order valence-electron chi connectivity index (χ3n) is 3.60. The highest BCUT2D eigenvalue weighted by Crippen LogP contribution is 2.23. The highest BCUT2D eigenvalue weighted by molar-refractivity contribution is 5.88. The molecule has 1 N–H and O–H groups in total. The first-order chi connectivity index (χ1) is 10.8. The zero-order valence-electron chi connectivity index (χ0n) is 12.3. The van der Waals surface area contributed by atoms with Crippen molar-refractivity contribution >= 4 is 6.21 Å². The van der Waals surface area contributed by atoms with Crippen molar-refractivity contribution in [1.29, 1.82) is 0 Å². The van der Waals surface area contributed by atoms with E-state index in [0.29, 0.717) is 0 Å². The minimum absolute atomic E-state index is 0.774. The molecule has 1 aromatic heterocycles. The third-order valence-corrected chi connectivity index (χ3v) is 3.60. The lowest BCUT2D eigenvalue weighted by Crippen LogP contribution is -1.94. The van der Waals surface area contributed by atoms with Gasteiger partial charge in [-0.05, 0) is 24.1 Å². The van der Waals surface area contributed by atoms with Gasteiger partial charge >= 0.3 is 0 Å². The van der Waals surface area contributed by atoms with Crippen LogP contribution in [-0.2, 0) is 6.42 Å². The first-order valence-corrected chi connectivity index (χ1v) is 7.23. The number of rotatable bonds is 4. The molecule has 0 fully saturated rings. The van der Waals surface area contributed by atoms with E-state index in [1.807, 2.05) is 48.7 Å². The van der Waals surface area contributed by atoms with E-state index in [9.17, 15) is 0 Å². The molecular formula is C18H17N3O. The van der Waals surface area contributed by atoms with E-state index in [-0.39, 0.29) is 0 Å². The number of hydrogen-bond donors (Lipinski definition) is 1. The maximum atomic E-state index is 8.89. The number of oxime groups is 1. The molecule has 0 saturated carbocycles. The number of para-hydroxylation sites is 1. The molecule has 3 aromatic rings. The fourth-order valence-corrected chi connectivity index (χ4v) is 2.38. The van der Waals surface area contributed by atoms with Gasteiger partial charge < -0.3 is 5.21 Å². The van der Waals surface area contributed by atoms with Gasteiger partial charge in [0.2, 0.25) is 0 Å². The number of aromatic nitrogens is 2. The summed E-state index contributed by atoms with van der Waals surface area (Å²) in [4.78, 5) is 0. The Kier molecular flexibility index (Phi) is 4.01. The topological polar surface area (TPSA) is 50.4 Å². The minimum Gasteiger partial charge on any atom is -0.411 e. The van der Waals surface area contributed by atoms with E-state index in [4.69, 9.17) is 5.21 Å². The van der Waals surface area contributed by atoms with Crippen LogP contribution in [0.3, 0.4) is 0 Å². The molecule has 0 saturated heterocycles. The van der Waals surface area contributed by atoms with Gasteiger partial charge in [-0.15, -0.1) is 0 Å². The number of hydrogen-bond acceptors (Lipinski definition) is 3. The van der Waals surface area contributed by atoms with Crippen LogP contribution >= 0.6 is 0 Å². The number of nitrogens with zero attached hydrogens (tertiary/aromatic N) is 3. The molecule has 0 bridgehead atoms. The zero-order chi connectivity index (χ0) is 15.4. The van der Waals surface area contributed by atoms with Crippen LogP contribution in [-0.4, -0.2) is 21.2 Å². The number of aryl methyl sites for hydroxylation is 1. The Bertz CT molecular complexity index is 774. The molecule has 0 unspecified atom stereocenters. The molecule has 0 atom stereocenters. The molecular weight excluding hydrogens is 274 g/mol. The molecule has 2 aromatic carbocycles. The van der Waals surface area contributed by atoms with Gasteiger partial charge in [-0.25, -0.2) is 4.68 Å². The summed E-state index contributed by atoms with van der Waals surface area (Å²) in [5.41, 5.74) is 4.82. The average molecular weight is 291 g/mol. The highest BCUT2D eigenvalue weighted by atomic mass is 16.4. The molecule has 4 heteroatoms. The van der Waals surface area contributed by atoms with Crippen LogP contribution in [0.2, 0.25) is 0 Å². The van der Waals surface area contributed by atoms with Crippen LogP contribution in [0.5, 0.6) is 0 Å². The standard InChI is InChI=1S/C18H17N3O/c1-2-14-8-10-15(11-9-14)18-16(12-19-22)13-21(20-18)17-6-4-3-5-7-17/h3-13,22H,2H2,1H3/b19-12+. The molecule has 3 rings (SSSR count). The lowest BCUT2D eigenvalue weighted by molar-refractivity contribution is 0.322. The second-order valence-corrected chi connectivity index (χ2v) is 5.01. The summed E-state index contributed by atoms with van der Waals surface area (Å²) >= 11 is 0. The lowest BCUT2D eigenvalue weighted by Gasteiger charge is -2.01. The van der Waals surface area contributed by atoms with Crippen LogP contribution in [0.15, 0.2) is 65.9 Å². The smallest absolute Gasteiger partial charge is 0.102 e. The van der Waals surface area contributed by atoms with Crippen LogP contribution in [0, 0.1) is 0 Å². The quantitative estimate of drug-likeness (QED) is 0.450. The number of benzene rings is 2. The summed E-state index contributed by atoms with van der Waals surface area (Å²) in [5.74, 6) is 0. The molecule has 110 valence electrons. The van der Waals surface area contributed by atoms with Crippen molar-refractivity contribution in [3.05, 3.63) is 71.9 Å². The summed E-state index contributed by atoms with van der Waals surface area (Å²) in [6.45, 7) is 2.13. The Morgan fingerprint density at radius 3 is 2.45 bits per heavy atom. The van der Waals surface area contributed by atoms with Crippen LogP contribution < -0.4 is 0 Å². The van der Waals surface area contributed by atoms with Crippen LogP contribution in [0.4, 0.5) is 0 Å². The SMILES string of the molecule is CCc1ccc(-c2nn(-c3ccccc3)cc2/C=N/O)cc1. The van der Waals surface area contributed by atoms with E-state index < -0.39 is 0 Å². The maximum Gasteiger partial charge on any atom is 0.102 e. The van der Waals surface area contributed by atoms with Crippen molar-refractivity contribution in [3.8, 4) is 16.9 Å². The molecule has 0 aliphatic rings. The van der Waals surface area contributed by atoms with Gasteiger partial charge in [-0.3, -0.25) is 0 Å². The van der Waals surface area contributed by atoms with E-state index in [1.54, 1.807) is 4.68 Å². The molecule has 4 nitrogen and oxygen atoms in total. The summed E-state index contributed by atoms with van der Waals surface area (Å²) < 4.78 is 1.79. The largest absolute Gasteiger partial charge is 0.411 e. The second-order valence-electron chi connectivity index (χ2n) is 5.01. The first kappa shape index (κ1) is 14.1. The normalized spacial score (nSPS) is 11.1. The summed E-state index contributed by atoms with van der Waals surface area (Å²) in [7, 11) is 0. The van der Waals surface area contributed by atoms with Crippen molar-refractivity contribution < 1.29 is 5.21 Å². The summed E-state index contributed by atoms with van der Waals surface area (Å²) in [6.07, 6.45) is 4.28. The fraction of sp³-hybridized carbons (Fsp3) is 0.111. The predicted octanol–water partition coefficient (Wildman–Crippen LogP) is 3.91. The van der Waals surface area contributed by atoms with Crippen LogP contribution in [0.25, 0.3) is 16.9 Å². The molecule has 0 radical (unpaired) electrons. The molecule has 22 heavy (non-hydrogen) atoms. The van der Waals surface area contributed by atoms with Crippen molar-refractivity contribution in [2.24, 2.45) is 5.16 Å². The Balaban J connectivity index is 2.07. The van der Waals surface area contributed by atoms with Gasteiger partial charge in [0.25, 0.3) is 0 Å². The Morgan fingerprint density at radius 2 is 1.82 bits per heavy atom. The van der Waals surface area contributed by atoms with Gasteiger partial charge in [0, 0.05) is 17.3 Å². The van der Waals surface area contributed by atoms with Crippen molar-refractivity contribution in [3.63, 3.8) is 0 Å². The van der Waals surface area contributed by atoms with E-state index in [2.05, 4.69) is 29.3 Å². The monoisotopic (exact) mass is 291 g/mol. The Labute approximate surface area is 129 Å². The Morgan fingerprint density at radius 1 is 1.09 bits per heavy atom. The van der Waals surface area contributed by atoms with Crippen LogP contribution in [0.1, 0.15) is 18.1 Å². The summed E-state index contributed by atoms with van der Waals surface area (Å²) in [5, 5.41) is 16.7. The highest BCUT2D eigenvalue weighted by Gasteiger charge is 2.11. The minimum atomic E-state index is 0.774. The molecule has 0 spiro atoms. The van der Waals surface area contributed by atoms with Crippen molar-refractivity contribution in [2.45, 2.75) is 13.3 Å². The van der Waals surface area contributed by atoms with Crippen molar-refractivity contribution in [2.75, 3.05) is 0 Å². The Hall–Kier alpha value is -2.88. The molecule has 1 heterocycles. The summed E-state index contributed by atoms with van der Waals surface area (Å²) in [6, 6.07) is 18.1. The maximum absolute atomic E-state index is 8.89. The molecule has 0 aliphatic heterocycles.